The maximum absolute atomic E-state index is 13.7. The third-order valence-electron chi connectivity index (χ3n) is 7.53. The van der Waals surface area contributed by atoms with Gasteiger partial charge in [-0.25, -0.2) is 4.79 Å². The molecule has 0 spiro atoms. The van der Waals surface area contributed by atoms with Crippen molar-refractivity contribution in [1.29, 1.82) is 0 Å². The summed E-state index contributed by atoms with van der Waals surface area (Å²) in [6.45, 7) is 4.82. The Bertz CT molecular complexity index is 1480. The first-order valence-electron chi connectivity index (χ1n) is 14.0. The molecule has 3 aromatic carbocycles. The zero-order chi connectivity index (χ0) is 30.5. The Morgan fingerprint density at radius 3 is 2.23 bits per heavy atom. The smallest absolute Gasteiger partial charge is 0.318 e. The number of nitrogens with zero attached hydrogens (tertiary/aromatic N) is 2. The lowest BCUT2D eigenvalue weighted by atomic mass is 9.99. The molecule has 226 valence electrons. The topological polar surface area (TPSA) is 112 Å². The Morgan fingerprint density at radius 1 is 0.953 bits per heavy atom. The highest BCUT2D eigenvalue weighted by molar-refractivity contribution is 6.42. The van der Waals surface area contributed by atoms with Crippen molar-refractivity contribution in [3.8, 4) is 16.9 Å². The molecule has 2 atom stereocenters. The third kappa shape index (κ3) is 7.22. The van der Waals surface area contributed by atoms with Gasteiger partial charge in [-0.1, -0.05) is 59.6 Å². The molecule has 0 bridgehead atoms. The number of anilines is 2. The van der Waals surface area contributed by atoms with E-state index in [0.717, 1.165) is 29.8 Å². The van der Waals surface area contributed by atoms with Crippen molar-refractivity contribution in [2.75, 3.05) is 56.7 Å². The van der Waals surface area contributed by atoms with Crippen molar-refractivity contribution >= 4 is 52.4 Å². The van der Waals surface area contributed by atoms with Gasteiger partial charge >= 0.3 is 6.03 Å². The van der Waals surface area contributed by atoms with E-state index in [9.17, 15) is 14.4 Å². The number of morpholine rings is 1. The minimum absolute atomic E-state index is 0.204. The molecule has 0 saturated carbocycles. The number of carbonyl (C=O) groups excluding carboxylic acids is 3. The summed E-state index contributed by atoms with van der Waals surface area (Å²) in [6.07, 6.45) is 0. The van der Waals surface area contributed by atoms with E-state index in [1.54, 1.807) is 26.1 Å². The van der Waals surface area contributed by atoms with Crippen LogP contribution in [0.1, 0.15) is 18.5 Å². The number of rotatable bonds is 8. The third-order valence-corrected chi connectivity index (χ3v) is 8.25. The van der Waals surface area contributed by atoms with Crippen LogP contribution in [0.15, 0.2) is 60.7 Å². The molecular formula is C31H33Cl2N5O5. The van der Waals surface area contributed by atoms with Crippen LogP contribution in [0.25, 0.3) is 11.1 Å². The van der Waals surface area contributed by atoms with Crippen LogP contribution in [0.5, 0.6) is 5.75 Å². The maximum Gasteiger partial charge on any atom is 0.318 e. The Labute approximate surface area is 260 Å². The molecule has 4 amide bonds. The van der Waals surface area contributed by atoms with E-state index < -0.39 is 6.04 Å². The van der Waals surface area contributed by atoms with Crippen LogP contribution in [0.2, 0.25) is 10.0 Å². The highest BCUT2D eigenvalue weighted by Gasteiger charge is 2.35. The molecule has 1 fully saturated rings. The maximum atomic E-state index is 13.7. The van der Waals surface area contributed by atoms with Gasteiger partial charge in [-0.05, 0) is 41.8 Å². The minimum Gasteiger partial charge on any atom is -0.482 e. The number of halogens is 2. The number of hydrogen-bond donors (Lipinski definition) is 3. The Kier molecular flexibility index (Phi) is 9.72. The molecule has 2 aliphatic heterocycles. The molecule has 2 unspecified atom stereocenters. The van der Waals surface area contributed by atoms with E-state index in [-0.39, 0.29) is 35.5 Å². The fourth-order valence-corrected chi connectivity index (χ4v) is 5.43. The summed E-state index contributed by atoms with van der Waals surface area (Å²) in [7, 11) is 1.56. The molecular weight excluding hydrogens is 593 g/mol. The van der Waals surface area contributed by atoms with Crippen molar-refractivity contribution in [3.05, 3.63) is 76.3 Å². The van der Waals surface area contributed by atoms with Crippen LogP contribution < -0.4 is 25.6 Å². The zero-order valence-electron chi connectivity index (χ0n) is 23.9. The summed E-state index contributed by atoms with van der Waals surface area (Å²) in [4.78, 5) is 41.9. The number of ether oxygens (including phenoxy) is 2. The van der Waals surface area contributed by atoms with Gasteiger partial charge in [0, 0.05) is 38.4 Å². The van der Waals surface area contributed by atoms with Gasteiger partial charge in [0.05, 0.1) is 35.0 Å². The van der Waals surface area contributed by atoms with Gasteiger partial charge in [0.2, 0.25) is 5.91 Å². The first-order chi connectivity index (χ1) is 20.7. The molecule has 43 heavy (non-hydrogen) atoms. The highest BCUT2D eigenvalue weighted by atomic mass is 35.5. The van der Waals surface area contributed by atoms with Crippen molar-refractivity contribution in [1.82, 2.24) is 15.5 Å². The van der Waals surface area contributed by atoms with Crippen molar-refractivity contribution in [2.24, 2.45) is 0 Å². The monoisotopic (exact) mass is 625 g/mol. The van der Waals surface area contributed by atoms with Crippen LogP contribution in [0, 0.1) is 0 Å². The molecule has 0 aliphatic carbocycles. The molecule has 3 aromatic rings. The van der Waals surface area contributed by atoms with Crippen LogP contribution in [0.4, 0.5) is 16.2 Å². The van der Waals surface area contributed by atoms with Gasteiger partial charge in [-0.2, -0.15) is 0 Å². The van der Waals surface area contributed by atoms with E-state index in [0.29, 0.717) is 41.9 Å². The second kappa shape index (κ2) is 13.6. The van der Waals surface area contributed by atoms with Crippen LogP contribution in [0.3, 0.4) is 0 Å². The summed E-state index contributed by atoms with van der Waals surface area (Å²) >= 11 is 12.4. The number of hydrogen-bond acceptors (Lipinski definition) is 6. The lowest BCUT2D eigenvalue weighted by molar-refractivity contribution is -0.128. The summed E-state index contributed by atoms with van der Waals surface area (Å²) in [5.41, 5.74) is 4.00. The Morgan fingerprint density at radius 2 is 1.58 bits per heavy atom. The molecule has 5 rings (SSSR count). The number of amides is 4. The van der Waals surface area contributed by atoms with Gasteiger partial charge in [0.1, 0.15) is 11.8 Å². The molecule has 1 saturated heterocycles. The number of nitrogens with one attached hydrogen (secondary N) is 3. The average molecular weight is 627 g/mol. The van der Waals surface area contributed by atoms with E-state index in [4.69, 9.17) is 32.7 Å². The predicted molar refractivity (Wildman–Crippen MR) is 167 cm³/mol. The number of benzene rings is 3. The largest absolute Gasteiger partial charge is 0.482 e. The fraction of sp³-hybridized carbons (Fsp3) is 0.323. The minimum atomic E-state index is -0.833. The normalized spacial score (nSPS) is 16.5. The first-order valence-corrected chi connectivity index (χ1v) is 14.7. The fourth-order valence-electron chi connectivity index (χ4n) is 5.12. The van der Waals surface area contributed by atoms with Crippen molar-refractivity contribution < 1.29 is 23.9 Å². The van der Waals surface area contributed by atoms with Gasteiger partial charge in [-0.3, -0.25) is 19.4 Å². The average Bonchev–Trinajstić information content (AvgIpc) is 3.02. The van der Waals surface area contributed by atoms with Gasteiger partial charge < -0.3 is 25.4 Å². The molecule has 10 nitrogen and oxygen atoms in total. The van der Waals surface area contributed by atoms with E-state index >= 15 is 0 Å². The standard InChI is InChI=1S/C31H33Cl2N5O5/c1-19(38-27-15-24(32)25(33)16-28(27)43-18-29(38)39)30(40)36-26(17-37-11-13-42-14-12-37)22-5-3-20(4-6-22)21-7-9-23(10-8-21)35-31(41)34-2/h3-10,15-16,19,26H,11-14,17-18H2,1-2H3,(H,36,40)(H2,34,35,41). The van der Waals surface area contributed by atoms with Crippen LogP contribution >= 0.6 is 23.2 Å². The van der Waals surface area contributed by atoms with Crippen LogP contribution in [-0.2, 0) is 14.3 Å². The van der Waals surface area contributed by atoms with E-state index in [2.05, 4.69) is 20.9 Å². The highest BCUT2D eigenvalue weighted by Crippen LogP contribution is 2.39. The molecule has 12 heteroatoms. The van der Waals surface area contributed by atoms with E-state index in [1.165, 1.54) is 4.90 Å². The summed E-state index contributed by atoms with van der Waals surface area (Å²) in [5, 5.41) is 9.03. The molecule has 0 radical (unpaired) electrons. The van der Waals surface area contributed by atoms with Crippen molar-refractivity contribution in [3.63, 3.8) is 0 Å². The lowest BCUT2D eigenvalue weighted by Crippen LogP contribution is -2.53. The molecule has 2 heterocycles. The van der Waals surface area contributed by atoms with Crippen LogP contribution in [-0.4, -0.2) is 75.3 Å². The number of urea groups is 1. The Balaban J connectivity index is 1.35. The molecule has 2 aliphatic rings. The zero-order valence-corrected chi connectivity index (χ0v) is 25.4. The number of carbonyl (C=O) groups is 3. The molecule has 3 N–H and O–H groups in total. The second-order valence-electron chi connectivity index (χ2n) is 10.3. The summed E-state index contributed by atoms with van der Waals surface area (Å²) in [5.74, 6) is -0.264. The quantitative estimate of drug-likeness (QED) is 0.334. The second-order valence-corrected chi connectivity index (χ2v) is 11.2. The van der Waals surface area contributed by atoms with E-state index in [1.807, 2.05) is 48.5 Å². The number of fused-ring (bicyclic) bond motifs is 1. The van der Waals surface area contributed by atoms with Gasteiger partial charge in [0.15, 0.2) is 6.61 Å². The van der Waals surface area contributed by atoms with Gasteiger partial charge in [0.25, 0.3) is 5.91 Å². The lowest BCUT2D eigenvalue weighted by Gasteiger charge is -2.35. The first kappa shape index (κ1) is 30.6. The SMILES string of the molecule is CNC(=O)Nc1ccc(-c2ccc(C(CN3CCOCC3)NC(=O)C(C)N3C(=O)COc4cc(Cl)c(Cl)cc43)cc2)cc1. The summed E-state index contributed by atoms with van der Waals surface area (Å²) < 4.78 is 11.1. The van der Waals surface area contributed by atoms with Gasteiger partial charge in [-0.15, -0.1) is 0 Å². The predicted octanol–water partition coefficient (Wildman–Crippen LogP) is 4.72. The summed E-state index contributed by atoms with van der Waals surface area (Å²) in [6, 6.07) is 17.2. The Hall–Kier alpha value is -3.83. The molecule has 0 aromatic heterocycles. The van der Waals surface area contributed by atoms with Crippen molar-refractivity contribution in [2.45, 2.75) is 19.0 Å².